The van der Waals surface area contributed by atoms with E-state index in [0.717, 1.165) is 21.5 Å². The maximum Gasteiger partial charge on any atom is 0.125 e. The van der Waals surface area contributed by atoms with Crippen LogP contribution in [0.3, 0.4) is 0 Å². The number of hydrogen-bond acceptors (Lipinski definition) is 1. The summed E-state index contributed by atoms with van der Waals surface area (Å²) in [6, 6.07) is 10.1. The third-order valence-electron chi connectivity index (χ3n) is 3.17. The Kier molecular flexibility index (Phi) is 4.20. The summed E-state index contributed by atoms with van der Waals surface area (Å²) in [6.45, 7) is 0. The summed E-state index contributed by atoms with van der Waals surface area (Å²) < 4.78 is 16.3. The van der Waals surface area contributed by atoms with Crippen LogP contribution < -0.4 is 0 Å². The van der Waals surface area contributed by atoms with Crippen LogP contribution in [-0.4, -0.2) is 15.4 Å². The molecular weight excluding hydrogens is 378 g/mol. The van der Waals surface area contributed by atoms with Gasteiger partial charge in [0, 0.05) is 28.5 Å². The van der Waals surface area contributed by atoms with Gasteiger partial charge in [-0.2, -0.15) is 0 Å². The zero-order chi connectivity index (χ0) is 15.0. The third kappa shape index (κ3) is 2.80. The molecule has 0 saturated heterocycles. The van der Waals surface area contributed by atoms with Gasteiger partial charge in [0.05, 0.1) is 16.1 Å². The van der Waals surface area contributed by atoms with Gasteiger partial charge in [0.25, 0.3) is 0 Å². The lowest BCUT2D eigenvalue weighted by atomic mass is 10.2. The number of aryl methyl sites for hydroxylation is 1. The molecule has 3 aromatic rings. The number of hydrogen-bond donors (Lipinski definition) is 0. The number of imidazole rings is 1. The molecule has 0 bridgehead atoms. The smallest absolute Gasteiger partial charge is 0.125 e. The van der Waals surface area contributed by atoms with Crippen molar-refractivity contribution in [3.63, 3.8) is 0 Å². The second-order valence-electron chi connectivity index (χ2n) is 4.53. The van der Waals surface area contributed by atoms with Gasteiger partial charge in [-0.25, -0.2) is 9.37 Å². The molecule has 21 heavy (non-hydrogen) atoms. The molecule has 0 aliphatic heterocycles. The van der Waals surface area contributed by atoms with E-state index in [0.29, 0.717) is 22.8 Å². The molecular formula is C15H10BrCl2FN2. The summed E-state index contributed by atoms with van der Waals surface area (Å²) in [7, 11) is 0. The molecule has 0 amide bonds. The lowest BCUT2D eigenvalue weighted by molar-refractivity contribution is 0.629. The number of fused-ring (bicyclic) bond motifs is 1. The first-order chi connectivity index (χ1) is 10.1. The van der Waals surface area contributed by atoms with Crippen molar-refractivity contribution in [2.24, 2.45) is 0 Å². The fourth-order valence-electron chi connectivity index (χ4n) is 2.26. The summed E-state index contributed by atoms with van der Waals surface area (Å²) in [6.07, 6.45) is 0.595. The normalized spacial score (nSPS) is 11.2. The van der Waals surface area contributed by atoms with Crippen LogP contribution in [-0.2, 0) is 6.42 Å². The van der Waals surface area contributed by atoms with Crippen LogP contribution in [0.1, 0.15) is 5.82 Å². The molecule has 0 spiro atoms. The first kappa shape index (κ1) is 14.8. The van der Waals surface area contributed by atoms with Crippen molar-refractivity contribution < 1.29 is 4.39 Å². The number of halogens is 4. The number of alkyl halides is 1. The molecule has 0 aliphatic carbocycles. The molecule has 108 valence electrons. The maximum absolute atomic E-state index is 13.6. The minimum Gasteiger partial charge on any atom is -0.296 e. The second kappa shape index (κ2) is 5.95. The highest BCUT2D eigenvalue weighted by atomic mass is 79.9. The maximum atomic E-state index is 13.6. The third-order valence-corrected chi connectivity index (χ3v) is 4.57. The Morgan fingerprint density at radius 1 is 1.19 bits per heavy atom. The molecule has 2 aromatic carbocycles. The van der Waals surface area contributed by atoms with Gasteiger partial charge in [-0.1, -0.05) is 11.6 Å². The van der Waals surface area contributed by atoms with E-state index in [4.69, 9.17) is 23.2 Å². The van der Waals surface area contributed by atoms with Crippen molar-refractivity contribution in [1.29, 1.82) is 0 Å². The highest BCUT2D eigenvalue weighted by Crippen LogP contribution is 2.28. The molecule has 6 heteroatoms. The SMILES string of the molecule is Fc1ccc2nc(CCCl)n(-c3ccc(Cl)c(Br)c3)c2c1. The van der Waals surface area contributed by atoms with Crippen LogP contribution in [0.4, 0.5) is 4.39 Å². The monoisotopic (exact) mass is 386 g/mol. The van der Waals surface area contributed by atoms with Gasteiger partial charge >= 0.3 is 0 Å². The fraction of sp³-hybridized carbons (Fsp3) is 0.133. The van der Waals surface area contributed by atoms with Crippen LogP contribution in [0.2, 0.25) is 5.02 Å². The van der Waals surface area contributed by atoms with Crippen molar-refractivity contribution in [1.82, 2.24) is 9.55 Å². The van der Waals surface area contributed by atoms with Crippen molar-refractivity contribution >= 4 is 50.2 Å². The van der Waals surface area contributed by atoms with Crippen molar-refractivity contribution in [3.05, 3.63) is 57.5 Å². The molecule has 0 radical (unpaired) electrons. The number of aromatic nitrogens is 2. The summed E-state index contributed by atoms with van der Waals surface area (Å²) >= 11 is 15.3. The van der Waals surface area contributed by atoms with Gasteiger partial charge in [-0.05, 0) is 46.3 Å². The zero-order valence-electron chi connectivity index (χ0n) is 10.8. The minimum absolute atomic E-state index is 0.297. The van der Waals surface area contributed by atoms with Gasteiger partial charge in [-0.3, -0.25) is 4.57 Å². The molecule has 0 unspecified atom stereocenters. The second-order valence-corrected chi connectivity index (χ2v) is 6.17. The number of rotatable bonds is 3. The average molecular weight is 388 g/mol. The lowest BCUT2D eigenvalue weighted by Gasteiger charge is -2.10. The zero-order valence-corrected chi connectivity index (χ0v) is 13.9. The van der Waals surface area contributed by atoms with Crippen LogP contribution >= 0.6 is 39.1 Å². The predicted molar refractivity (Wildman–Crippen MR) is 88.2 cm³/mol. The van der Waals surface area contributed by atoms with E-state index in [2.05, 4.69) is 20.9 Å². The lowest BCUT2D eigenvalue weighted by Crippen LogP contribution is -2.02. The molecule has 2 nitrogen and oxygen atoms in total. The van der Waals surface area contributed by atoms with Crippen LogP contribution in [0.15, 0.2) is 40.9 Å². The van der Waals surface area contributed by atoms with Crippen molar-refractivity contribution in [2.45, 2.75) is 6.42 Å². The summed E-state index contributed by atoms with van der Waals surface area (Å²) in [5, 5.41) is 0.619. The summed E-state index contributed by atoms with van der Waals surface area (Å²) in [4.78, 5) is 4.54. The van der Waals surface area contributed by atoms with E-state index in [-0.39, 0.29) is 5.82 Å². The standard InChI is InChI=1S/C15H10BrCl2FN2/c16-11-8-10(2-3-12(11)18)21-14-7-9(19)1-4-13(14)20-15(21)5-6-17/h1-4,7-8H,5-6H2. The van der Waals surface area contributed by atoms with Gasteiger partial charge in [-0.15, -0.1) is 11.6 Å². The first-order valence-corrected chi connectivity index (χ1v) is 7.99. The first-order valence-electron chi connectivity index (χ1n) is 6.28. The highest BCUT2D eigenvalue weighted by Gasteiger charge is 2.13. The molecule has 1 aromatic heterocycles. The fourth-order valence-corrected chi connectivity index (χ4v) is 2.92. The van der Waals surface area contributed by atoms with E-state index in [9.17, 15) is 4.39 Å². The van der Waals surface area contributed by atoms with Gasteiger partial charge < -0.3 is 0 Å². The van der Waals surface area contributed by atoms with Crippen molar-refractivity contribution in [3.8, 4) is 5.69 Å². The molecule has 0 aliphatic rings. The summed E-state index contributed by atoms with van der Waals surface area (Å²) in [5.74, 6) is 0.939. The van der Waals surface area contributed by atoms with Gasteiger partial charge in [0.1, 0.15) is 11.6 Å². The van der Waals surface area contributed by atoms with E-state index in [1.165, 1.54) is 12.1 Å². The molecule has 1 heterocycles. The Morgan fingerprint density at radius 2 is 2.00 bits per heavy atom. The molecule has 0 saturated carbocycles. The topological polar surface area (TPSA) is 17.8 Å². The molecule has 3 rings (SSSR count). The molecule has 0 N–H and O–H groups in total. The Balaban J connectivity index is 2.29. The summed E-state index contributed by atoms with van der Waals surface area (Å²) in [5.41, 5.74) is 2.31. The Hall–Kier alpha value is -1.10. The van der Waals surface area contributed by atoms with E-state index < -0.39 is 0 Å². The van der Waals surface area contributed by atoms with E-state index in [1.807, 2.05) is 16.7 Å². The van der Waals surface area contributed by atoms with E-state index in [1.54, 1.807) is 12.1 Å². The highest BCUT2D eigenvalue weighted by molar-refractivity contribution is 9.10. The van der Waals surface area contributed by atoms with Crippen LogP contribution in [0, 0.1) is 5.82 Å². The van der Waals surface area contributed by atoms with E-state index >= 15 is 0 Å². The molecule has 0 atom stereocenters. The van der Waals surface area contributed by atoms with Gasteiger partial charge in [0.2, 0.25) is 0 Å². The Bertz CT molecular complexity index is 817. The van der Waals surface area contributed by atoms with Crippen molar-refractivity contribution in [2.75, 3.05) is 5.88 Å². The van der Waals surface area contributed by atoms with Crippen LogP contribution in [0.5, 0.6) is 0 Å². The number of nitrogens with zero attached hydrogens (tertiary/aromatic N) is 2. The Labute approximate surface area is 139 Å². The molecule has 0 fully saturated rings. The number of benzene rings is 2. The quantitative estimate of drug-likeness (QED) is 0.553. The minimum atomic E-state index is -0.297. The van der Waals surface area contributed by atoms with Crippen LogP contribution in [0.25, 0.3) is 16.7 Å². The van der Waals surface area contributed by atoms with Gasteiger partial charge in [0.15, 0.2) is 0 Å². The Morgan fingerprint density at radius 3 is 2.71 bits per heavy atom. The largest absolute Gasteiger partial charge is 0.296 e. The predicted octanol–water partition coefficient (Wildman–Crippen LogP) is 5.36. The average Bonchev–Trinajstić information content (AvgIpc) is 2.80.